The van der Waals surface area contributed by atoms with Gasteiger partial charge in [0.2, 0.25) is 17.4 Å². The van der Waals surface area contributed by atoms with Crippen molar-refractivity contribution < 1.29 is 9.18 Å². The second-order valence-corrected chi connectivity index (χ2v) is 7.81. The minimum Gasteiger partial charge on any atom is -0.354 e. The van der Waals surface area contributed by atoms with Gasteiger partial charge in [-0.2, -0.15) is 0 Å². The lowest BCUT2D eigenvalue weighted by molar-refractivity contribution is -0.119. The van der Waals surface area contributed by atoms with Gasteiger partial charge in [0.15, 0.2) is 5.82 Å². The summed E-state index contributed by atoms with van der Waals surface area (Å²) in [6.07, 6.45) is 6.26. The van der Waals surface area contributed by atoms with Crippen molar-refractivity contribution in [2.45, 2.75) is 44.7 Å². The van der Waals surface area contributed by atoms with Crippen molar-refractivity contribution in [2.24, 2.45) is 0 Å². The molecule has 3 aromatic rings. The lowest BCUT2D eigenvalue weighted by atomic mass is 9.91. The number of anilines is 1. The van der Waals surface area contributed by atoms with Crippen molar-refractivity contribution in [3.8, 4) is 22.4 Å². The summed E-state index contributed by atoms with van der Waals surface area (Å²) in [6, 6.07) is 10.9. The zero-order valence-corrected chi connectivity index (χ0v) is 17.2. The molecule has 1 saturated carbocycles. The Morgan fingerprint density at radius 1 is 1.06 bits per heavy atom. The van der Waals surface area contributed by atoms with E-state index in [1.54, 1.807) is 18.3 Å². The van der Waals surface area contributed by atoms with Gasteiger partial charge in [-0.25, -0.2) is 14.4 Å². The molecule has 8 heteroatoms. The van der Waals surface area contributed by atoms with Crippen LogP contribution < -0.4 is 16.2 Å². The predicted octanol–water partition coefficient (Wildman–Crippen LogP) is 3.50. The van der Waals surface area contributed by atoms with E-state index in [1.807, 2.05) is 18.2 Å². The number of amides is 1. The third-order valence-corrected chi connectivity index (χ3v) is 5.46. The molecule has 1 amide bonds. The number of hydrogen-bond donors (Lipinski definition) is 3. The number of carbonyl (C=O) groups is 1. The molecule has 1 fully saturated rings. The fourth-order valence-corrected chi connectivity index (χ4v) is 3.96. The molecule has 3 N–H and O–H groups in total. The number of nitrogens with one attached hydrogen (secondary N) is 3. The van der Waals surface area contributed by atoms with E-state index in [0.717, 1.165) is 36.8 Å². The maximum absolute atomic E-state index is 14.6. The summed E-state index contributed by atoms with van der Waals surface area (Å²) >= 11 is 0. The number of H-pyrrole nitrogens is 1. The van der Waals surface area contributed by atoms with Gasteiger partial charge >= 0.3 is 0 Å². The van der Waals surface area contributed by atoms with Crippen molar-refractivity contribution in [3.05, 3.63) is 65.0 Å². The van der Waals surface area contributed by atoms with Gasteiger partial charge < -0.3 is 15.6 Å². The molecule has 0 bridgehead atoms. The van der Waals surface area contributed by atoms with E-state index in [1.165, 1.54) is 19.2 Å². The predicted molar refractivity (Wildman–Crippen MR) is 117 cm³/mol. The van der Waals surface area contributed by atoms with E-state index < -0.39 is 5.82 Å². The smallest absolute Gasteiger partial charge is 0.248 e. The van der Waals surface area contributed by atoms with Crippen molar-refractivity contribution in [2.75, 3.05) is 5.32 Å². The first kappa shape index (κ1) is 20.7. The topological polar surface area (TPSA) is 99.8 Å². The molecule has 0 spiro atoms. The van der Waals surface area contributed by atoms with Crippen LogP contribution in [0.2, 0.25) is 0 Å². The van der Waals surface area contributed by atoms with Gasteiger partial charge in [-0.15, -0.1) is 0 Å². The SMILES string of the molecule is CC(=O)NC1CCC(Nc2ncc(F)c(-c3cccc(-c4cc[nH]c(=O)c4)c3)n2)CC1. The maximum atomic E-state index is 14.6. The number of aromatic nitrogens is 3. The molecule has 0 radical (unpaired) electrons. The summed E-state index contributed by atoms with van der Waals surface area (Å²) in [5.41, 5.74) is 2.16. The van der Waals surface area contributed by atoms with Crippen LogP contribution >= 0.6 is 0 Å². The first-order valence-electron chi connectivity index (χ1n) is 10.3. The summed E-state index contributed by atoms with van der Waals surface area (Å²) < 4.78 is 14.6. The zero-order chi connectivity index (χ0) is 21.8. The van der Waals surface area contributed by atoms with Crippen LogP contribution in [0.1, 0.15) is 32.6 Å². The Morgan fingerprint density at radius 2 is 1.77 bits per heavy atom. The van der Waals surface area contributed by atoms with Gasteiger partial charge in [0.1, 0.15) is 5.69 Å². The molecule has 0 aliphatic heterocycles. The second-order valence-electron chi connectivity index (χ2n) is 7.81. The Hall–Kier alpha value is -3.55. The lowest BCUT2D eigenvalue weighted by Gasteiger charge is -2.29. The first-order chi connectivity index (χ1) is 15.0. The van der Waals surface area contributed by atoms with E-state index in [9.17, 15) is 14.0 Å². The number of nitrogens with zero attached hydrogens (tertiary/aromatic N) is 2. The number of aromatic amines is 1. The van der Waals surface area contributed by atoms with Crippen LogP contribution in [0, 0.1) is 5.82 Å². The van der Waals surface area contributed by atoms with E-state index >= 15 is 0 Å². The van der Waals surface area contributed by atoms with Crippen LogP contribution in [0.3, 0.4) is 0 Å². The molecule has 0 unspecified atom stereocenters. The maximum Gasteiger partial charge on any atom is 0.248 e. The minimum absolute atomic E-state index is 0.00902. The Kier molecular flexibility index (Phi) is 6.06. The van der Waals surface area contributed by atoms with Crippen molar-refractivity contribution in [1.29, 1.82) is 0 Å². The molecule has 2 heterocycles. The van der Waals surface area contributed by atoms with Crippen LogP contribution in [0.15, 0.2) is 53.6 Å². The third-order valence-electron chi connectivity index (χ3n) is 5.46. The van der Waals surface area contributed by atoms with Crippen molar-refractivity contribution >= 4 is 11.9 Å². The Labute approximate surface area is 179 Å². The first-order valence-corrected chi connectivity index (χ1v) is 10.3. The molecule has 1 aliphatic carbocycles. The number of carbonyl (C=O) groups excluding carboxylic acids is 1. The van der Waals surface area contributed by atoms with Gasteiger partial charge in [0.05, 0.1) is 6.20 Å². The Bertz CT molecular complexity index is 1140. The Balaban J connectivity index is 1.52. The second kappa shape index (κ2) is 9.07. The van der Waals surface area contributed by atoms with Crippen molar-refractivity contribution in [3.63, 3.8) is 0 Å². The quantitative estimate of drug-likeness (QED) is 0.586. The largest absolute Gasteiger partial charge is 0.354 e. The third kappa shape index (κ3) is 5.14. The number of rotatable bonds is 5. The van der Waals surface area contributed by atoms with Gasteiger partial charge in [-0.1, -0.05) is 18.2 Å². The van der Waals surface area contributed by atoms with Crippen LogP contribution in [-0.2, 0) is 4.79 Å². The molecule has 0 saturated heterocycles. The monoisotopic (exact) mass is 421 g/mol. The average molecular weight is 421 g/mol. The standard InChI is InChI=1S/C23H24FN5O2/c1-14(30)27-18-5-7-19(8-6-18)28-23-26-13-20(24)22(29-23)17-4-2-3-15(11-17)16-9-10-25-21(31)12-16/h2-4,9-13,18-19H,5-8H2,1H3,(H,25,31)(H,27,30)(H,26,28,29). The summed E-state index contributed by atoms with van der Waals surface area (Å²) in [4.78, 5) is 34.0. The Morgan fingerprint density at radius 3 is 2.52 bits per heavy atom. The van der Waals surface area contributed by atoms with Gasteiger partial charge in [0, 0.05) is 36.8 Å². The molecule has 0 atom stereocenters. The number of hydrogen-bond acceptors (Lipinski definition) is 5. The fraction of sp³-hybridized carbons (Fsp3) is 0.304. The number of benzene rings is 1. The van der Waals surface area contributed by atoms with Crippen molar-refractivity contribution in [1.82, 2.24) is 20.3 Å². The molecule has 1 aromatic carbocycles. The normalized spacial score (nSPS) is 18.4. The van der Waals surface area contributed by atoms with E-state index in [4.69, 9.17) is 0 Å². The van der Waals surface area contributed by atoms with Gasteiger partial charge in [-0.3, -0.25) is 9.59 Å². The highest BCUT2D eigenvalue weighted by Crippen LogP contribution is 2.27. The highest BCUT2D eigenvalue weighted by atomic mass is 19.1. The zero-order valence-electron chi connectivity index (χ0n) is 17.2. The molecule has 31 heavy (non-hydrogen) atoms. The highest BCUT2D eigenvalue weighted by molar-refractivity contribution is 5.73. The van der Waals surface area contributed by atoms with E-state index in [2.05, 4.69) is 25.6 Å². The molecule has 4 rings (SSSR count). The van der Waals surface area contributed by atoms with Gasteiger partial charge in [0.25, 0.3) is 0 Å². The molecule has 2 aromatic heterocycles. The van der Waals surface area contributed by atoms with Gasteiger partial charge in [-0.05, 0) is 48.9 Å². The van der Waals surface area contributed by atoms with E-state index in [-0.39, 0.29) is 29.2 Å². The fourth-order valence-electron chi connectivity index (χ4n) is 3.96. The number of pyridine rings is 1. The average Bonchev–Trinajstić information content (AvgIpc) is 2.76. The summed E-state index contributed by atoms with van der Waals surface area (Å²) in [6.45, 7) is 1.53. The van der Waals surface area contributed by atoms with Crippen LogP contribution in [-0.4, -0.2) is 32.9 Å². The molecule has 1 aliphatic rings. The molecular formula is C23H24FN5O2. The molecule has 7 nitrogen and oxygen atoms in total. The minimum atomic E-state index is -0.511. The summed E-state index contributed by atoms with van der Waals surface area (Å²) in [5, 5.41) is 6.26. The lowest BCUT2D eigenvalue weighted by Crippen LogP contribution is -2.39. The van der Waals surface area contributed by atoms with Crippen LogP contribution in [0.5, 0.6) is 0 Å². The summed E-state index contributed by atoms with van der Waals surface area (Å²) in [5.74, 6) is -0.144. The summed E-state index contributed by atoms with van der Waals surface area (Å²) in [7, 11) is 0. The highest BCUT2D eigenvalue weighted by Gasteiger charge is 2.22. The molecular weight excluding hydrogens is 397 g/mol. The van der Waals surface area contributed by atoms with Crippen LogP contribution in [0.4, 0.5) is 10.3 Å². The van der Waals surface area contributed by atoms with E-state index in [0.29, 0.717) is 11.5 Å². The van der Waals surface area contributed by atoms with Crippen LogP contribution in [0.25, 0.3) is 22.4 Å². The number of halogens is 1. The molecule has 160 valence electrons.